The quantitative estimate of drug-likeness (QED) is 0.908. The van der Waals surface area contributed by atoms with Crippen molar-refractivity contribution in [3.05, 3.63) is 62.5 Å². The Balaban J connectivity index is 2.08. The number of nitrogens with one attached hydrogen (secondary N) is 2. The molecule has 1 atom stereocenters. The summed E-state index contributed by atoms with van der Waals surface area (Å²) in [7, 11) is 0. The van der Waals surface area contributed by atoms with Crippen LogP contribution in [0.15, 0.2) is 45.7 Å². The molecule has 0 aliphatic rings. The summed E-state index contributed by atoms with van der Waals surface area (Å²) in [6.45, 7) is 1.88. The highest BCUT2D eigenvalue weighted by atomic mass is 79.9. The van der Waals surface area contributed by atoms with Gasteiger partial charge >= 0.3 is 0 Å². The second kappa shape index (κ2) is 5.79. The molecule has 0 spiro atoms. The molecule has 19 heavy (non-hydrogen) atoms. The van der Waals surface area contributed by atoms with Gasteiger partial charge in [-0.2, -0.15) is 5.10 Å². The number of carbonyl (C=O) groups is 1. The van der Waals surface area contributed by atoms with E-state index in [1.165, 1.54) is 12.1 Å². The summed E-state index contributed by atoms with van der Waals surface area (Å²) in [4.78, 5) is 22.8. The zero-order valence-electron chi connectivity index (χ0n) is 10.2. The van der Waals surface area contributed by atoms with Crippen LogP contribution in [0.2, 0.25) is 0 Å². The SMILES string of the molecule is CC(NC(=O)c1ccc(=O)[nH]n1)c1ccc(Br)cc1. The fraction of sp³-hybridized carbons (Fsp3) is 0.154. The molecule has 2 N–H and O–H groups in total. The number of amides is 1. The lowest BCUT2D eigenvalue weighted by Crippen LogP contribution is -2.28. The molecule has 0 aliphatic carbocycles. The van der Waals surface area contributed by atoms with E-state index in [-0.39, 0.29) is 23.2 Å². The lowest BCUT2D eigenvalue weighted by Gasteiger charge is -2.13. The average Bonchev–Trinajstić information content (AvgIpc) is 2.40. The van der Waals surface area contributed by atoms with E-state index in [4.69, 9.17) is 0 Å². The molecule has 0 saturated carbocycles. The highest BCUT2D eigenvalue weighted by Gasteiger charge is 2.12. The lowest BCUT2D eigenvalue weighted by atomic mass is 10.1. The van der Waals surface area contributed by atoms with Crippen molar-refractivity contribution in [1.29, 1.82) is 0 Å². The highest BCUT2D eigenvalue weighted by molar-refractivity contribution is 9.10. The normalized spacial score (nSPS) is 11.9. The Hall–Kier alpha value is -1.95. The maximum atomic E-state index is 11.9. The molecule has 5 nitrogen and oxygen atoms in total. The minimum absolute atomic E-state index is 0.144. The summed E-state index contributed by atoms with van der Waals surface area (Å²) >= 11 is 3.36. The monoisotopic (exact) mass is 321 g/mol. The molecule has 1 amide bonds. The average molecular weight is 322 g/mol. The predicted molar refractivity (Wildman–Crippen MR) is 74.9 cm³/mol. The number of aromatic nitrogens is 2. The Morgan fingerprint density at radius 2 is 1.95 bits per heavy atom. The van der Waals surface area contributed by atoms with Gasteiger partial charge in [-0.3, -0.25) is 9.59 Å². The third kappa shape index (κ3) is 3.51. The van der Waals surface area contributed by atoms with E-state index in [9.17, 15) is 9.59 Å². The summed E-state index contributed by atoms with van der Waals surface area (Å²) in [6, 6.07) is 10.2. The number of nitrogens with zero attached hydrogens (tertiary/aromatic N) is 1. The van der Waals surface area contributed by atoms with Crippen molar-refractivity contribution in [1.82, 2.24) is 15.5 Å². The van der Waals surface area contributed by atoms with E-state index in [1.807, 2.05) is 31.2 Å². The largest absolute Gasteiger partial charge is 0.344 e. The van der Waals surface area contributed by atoms with Gasteiger partial charge in [-0.05, 0) is 30.7 Å². The molecular weight excluding hydrogens is 310 g/mol. The molecule has 0 fully saturated rings. The van der Waals surface area contributed by atoms with E-state index < -0.39 is 0 Å². The number of aromatic amines is 1. The first-order chi connectivity index (χ1) is 9.06. The molecule has 0 bridgehead atoms. The number of halogens is 1. The van der Waals surface area contributed by atoms with Gasteiger partial charge in [0, 0.05) is 10.5 Å². The molecule has 1 aromatic carbocycles. The number of benzene rings is 1. The number of hydrogen-bond acceptors (Lipinski definition) is 3. The first-order valence-corrected chi connectivity index (χ1v) is 6.47. The summed E-state index contributed by atoms with van der Waals surface area (Å²) in [5.41, 5.74) is 0.835. The molecule has 1 aromatic heterocycles. The highest BCUT2D eigenvalue weighted by Crippen LogP contribution is 2.16. The Morgan fingerprint density at radius 1 is 1.26 bits per heavy atom. The van der Waals surface area contributed by atoms with Crippen molar-refractivity contribution in [3.8, 4) is 0 Å². The van der Waals surface area contributed by atoms with Crippen molar-refractivity contribution in [2.45, 2.75) is 13.0 Å². The van der Waals surface area contributed by atoms with Crippen LogP contribution < -0.4 is 10.9 Å². The van der Waals surface area contributed by atoms with E-state index in [1.54, 1.807) is 0 Å². The van der Waals surface area contributed by atoms with Gasteiger partial charge in [-0.1, -0.05) is 28.1 Å². The van der Waals surface area contributed by atoms with Gasteiger partial charge in [0.1, 0.15) is 5.69 Å². The van der Waals surface area contributed by atoms with Crippen LogP contribution in [0.3, 0.4) is 0 Å². The Bertz CT molecular complexity index is 617. The minimum atomic E-state index is -0.336. The Labute approximate surface area is 118 Å². The van der Waals surface area contributed by atoms with Crippen LogP contribution in [0.4, 0.5) is 0 Å². The molecule has 1 heterocycles. The zero-order valence-corrected chi connectivity index (χ0v) is 11.8. The van der Waals surface area contributed by atoms with E-state index in [0.717, 1.165) is 10.0 Å². The smallest absolute Gasteiger partial charge is 0.272 e. The Morgan fingerprint density at radius 3 is 2.53 bits per heavy atom. The second-order valence-electron chi connectivity index (χ2n) is 4.05. The van der Waals surface area contributed by atoms with Crippen molar-refractivity contribution in [2.75, 3.05) is 0 Å². The van der Waals surface area contributed by atoms with Crippen LogP contribution >= 0.6 is 15.9 Å². The topological polar surface area (TPSA) is 74.8 Å². The first-order valence-electron chi connectivity index (χ1n) is 5.68. The second-order valence-corrected chi connectivity index (χ2v) is 4.97. The predicted octanol–water partition coefficient (Wildman–Crippen LogP) is 2.02. The van der Waals surface area contributed by atoms with Crippen LogP contribution in [-0.2, 0) is 0 Å². The van der Waals surface area contributed by atoms with Crippen LogP contribution in [0.5, 0.6) is 0 Å². The van der Waals surface area contributed by atoms with E-state index >= 15 is 0 Å². The molecule has 0 saturated heterocycles. The van der Waals surface area contributed by atoms with Gasteiger partial charge in [0.25, 0.3) is 11.5 Å². The van der Waals surface area contributed by atoms with Crippen LogP contribution in [0, 0.1) is 0 Å². The fourth-order valence-corrected chi connectivity index (χ4v) is 1.84. The first kappa shape index (κ1) is 13.5. The fourth-order valence-electron chi connectivity index (χ4n) is 1.58. The van der Waals surface area contributed by atoms with Crippen molar-refractivity contribution >= 4 is 21.8 Å². The summed E-state index contributed by atoms with van der Waals surface area (Å²) in [5.74, 6) is -0.327. The maximum absolute atomic E-state index is 11.9. The van der Waals surface area contributed by atoms with Crippen molar-refractivity contribution < 1.29 is 4.79 Å². The Kier molecular flexibility index (Phi) is 4.11. The van der Waals surface area contributed by atoms with Gasteiger partial charge < -0.3 is 5.32 Å². The van der Waals surface area contributed by atoms with Gasteiger partial charge in [0.2, 0.25) is 0 Å². The zero-order chi connectivity index (χ0) is 13.8. The van der Waals surface area contributed by atoms with E-state index in [0.29, 0.717) is 0 Å². The molecule has 2 rings (SSSR count). The third-order valence-corrected chi connectivity index (χ3v) is 3.16. The summed E-state index contributed by atoms with van der Waals surface area (Å²) in [5, 5.41) is 8.72. The standard InChI is InChI=1S/C13H12BrN3O2/c1-8(9-2-4-10(14)5-3-9)15-13(19)11-6-7-12(18)17-16-11/h2-8H,1H3,(H,15,19)(H,17,18). The van der Waals surface area contributed by atoms with E-state index in [2.05, 4.69) is 31.4 Å². The molecule has 98 valence electrons. The molecule has 2 aromatic rings. The van der Waals surface area contributed by atoms with Crippen LogP contribution in [0.1, 0.15) is 29.0 Å². The lowest BCUT2D eigenvalue weighted by molar-refractivity contribution is 0.0933. The molecule has 6 heteroatoms. The summed E-state index contributed by atoms with van der Waals surface area (Å²) in [6.07, 6.45) is 0. The molecule has 0 aliphatic heterocycles. The number of H-pyrrole nitrogens is 1. The van der Waals surface area contributed by atoms with Crippen LogP contribution in [0.25, 0.3) is 0 Å². The van der Waals surface area contributed by atoms with Crippen molar-refractivity contribution in [3.63, 3.8) is 0 Å². The molecule has 1 unspecified atom stereocenters. The van der Waals surface area contributed by atoms with Crippen molar-refractivity contribution in [2.24, 2.45) is 0 Å². The molecule has 0 radical (unpaired) electrons. The third-order valence-electron chi connectivity index (χ3n) is 2.63. The van der Waals surface area contributed by atoms with Gasteiger partial charge in [0.15, 0.2) is 0 Å². The molecular formula is C13H12BrN3O2. The number of hydrogen-bond donors (Lipinski definition) is 2. The van der Waals surface area contributed by atoms with Gasteiger partial charge in [0.05, 0.1) is 6.04 Å². The minimum Gasteiger partial charge on any atom is -0.344 e. The van der Waals surface area contributed by atoms with Crippen LogP contribution in [-0.4, -0.2) is 16.1 Å². The number of carbonyl (C=O) groups excluding carboxylic acids is 1. The maximum Gasteiger partial charge on any atom is 0.272 e. The summed E-state index contributed by atoms with van der Waals surface area (Å²) < 4.78 is 0.983. The number of rotatable bonds is 3. The van der Waals surface area contributed by atoms with Gasteiger partial charge in [-0.15, -0.1) is 0 Å². The van der Waals surface area contributed by atoms with Gasteiger partial charge in [-0.25, -0.2) is 5.10 Å².